The molecule has 1 N–H and O–H groups in total. The standard InChI is InChI=1S/C13H13F3O2/c14-6-7-3-10(13(16)11(15)4-7)9(5-12(17)18)8-1-2-8/h3-4,8-9H,1-2,5-6H2,(H,17,18). The summed E-state index contributed by atoms with van der Waals surface area (Å²) in [5.74, 6) is -3.73. The van der Waals surface area contributed by atoms with Gasteiger partial charge in [-0.15, -0.1) is 0 Å². The second-order valence-corrected chi connectivity index (χ2v) is 4.66. The highest BCUT2D eigenvalue weighted by molar-refractivity contribution is 5.68. The van der Waals surface area contributed by atoms with Gasteiger partial charge in [0.15, 0.2) is 11.6 Å². The van der Waals surface area contributed by atoms with Gasteiger partial charge in [-0.3, -0.25) is 4.79 Å². The van der Waals surface area contributed by atoms with Crippen LogP contribution in [0.15, 0.2) is 12.1 Å². The fourth-order valence-corrected chi connectivity index (χ4v) is 2.23. The monoisotopic (exact) mass is 258 g/mol. The first-order valence-corrected chi connectivity index (χ1v) is 5.78. The topological polar surface area (TPSA) is 37.3 Å². The van der Waals surface area contributed by atoms with Gasteiger partial charge in [0.1, 0.15) is 6.67 Å². The molecule has 1 fully saturated rings. The summed E-state index contributed by atoms with van der Waals surface area (Å²) in [4.78, 5) is 10.8. The fraction of sp³-hybridized carbons (Fsp3) is 0.462. The van der Waals surface area contributed by atoms with Crippen molar-refractivity contribution < 1.29 is 23.1 Å². The molecule has 0 spiro atoms. The molecule has 0 saturated heterocycles. The van der Waals surface area contributed by atoms with Gasteiger partial charge >= 0.3 is 5.97 Å². The van der Waals surface area contributed by atoms with E-state index in [2.05, 4.69) is 0 Å². The number of carboxylic acid groups (broad SMARTS) is 1. The van der Waals surface area contributed by atoms with Gasteiger partial charge in [0.25, 0.3) is 0 Å². The van der Waals surface area contributed by atoms with Gasteiger partial charge in [-0.2, -0.15) is 0 Å². The Kier molecular flexibility index (Phi) is 3.59. The lowest BCUT2D eigenvalue weighted by Crippen LogP contribution is -2.11. The van der Waals surface area contributed by atoms with Gasteiger partial charge in [-0.05, 0) is 42.0 Å². The van der Waals surface area contributed by atoms with E-state index < -0.39 is 30.2 Å². The Morgan fingerprint density at radius 1 is 1.39 bits per heavy atom. The van der Waals surface area contributed by atoms with E-state index in [1.54, 1.807) is 0 Å². The van der Waals surface area contributed by atoms with Gasteiger partial charge < -0.3 is 5.11 Å². The van der Waals surface area contributed by atoms with Crippen LogP contribution >= 0.6 is 0 Å². The summed E-state index contributed by atoms with van der Waals surface area (Å²) < 4.78 is 39.6. The number of alkyl halides is 1. The van der Waals surface area contributed by atoms with E-state index in [1.807, 2.05) is 0 Å². The number of carboxylic acids is 1. The molecule has 5 heteroatoms. The van der Waals surface area contributed by atoms with Crippen molar-refractivity contribution in [2.24, 2.45) is 5.92 Å². The molecule has 0 heterocycles. The third-order valence-electron chi connectivity index (χ3n) is 3.26. The average Bonchev–Trinajstić information content (AvgIpc) is 3.13. The summed E-state index contributed by atoms with van der Waals surface area (Å²) >= 11 is 0. The SMILES string of the molecule is O=C(O)CC(c1cc(CF)cc(F)c1F)C1CC1. The van der Waals surface area contributed by atoms with Gasteiger partial charge in [0, 0.05) is 5.92 Å². The van der Waals surface area contributed by atoms with Crippen LogP contribution in [0.5, 0.6) is 0 Å². The Balaban J connectivity index is 2.39. The van der Waals surface area contributed by atoms with Crippen LogP contribution in [0, 0.1) is 17.6 Å². The summed E-state index contributed by atoms with van der Waals surface area (Å²) in [7, 11) is 0. The number of aliphatic carboxylic acids is 1. The van der Waals surface area contributed by atoms with Gasteiger partial charge in [0.2, 0.25) is 0 Å². The van der Waals surface area contributed by atoms with E-state index in [1.165, 1.54) is 6.07 Å². The van der Waals surface area contributed by atoms with E-state index in [0.29, 0.717) is 0 Å². The highest BCUT2D eigenvalue weighted by atomic mass is 19.2. The average molecular weight is 258 g/mol. The quantitative estimate of drug-likeness (QED) is 0.878. The first-order chi connectivity index (χ1) is 8.52. The highest BCUT2D eigenvalue weighted by Crippen LogP contribution is 2.45. The number of carbonyl (C=O) groups is 1. The highest BCUT2D eigenvalue weighted by Gasteiger charge is 2.36. The first-order valence-electron chi connectivity index (χ1n) is 5.78. The van der Waals surface area contributed by atoms with Crippen molar-refractivity contribution in [3.63, 3.8) is 0 Å². The predicted molar refractivity (Wildman–Crippen MR) is 58.9 cm³/mol. The second kappa shape index (κ2) is 5.00. The maximum Gasteiger partial charge on any atom is 0.303 e. The van der Waals surface area contributed by atoms with Crippen molar-refractivity contribution >= 4 is 5.97 Å². The summed E-state index contributed by atoms with van der Waals surface area (Å²) in [5, 5.41) is 8.82. The number of rotatable bonds is 5. The first kappa shape index (κ1) is 12.9. The Morgan fingerprint density at radius 2 is 2.06 bits per heavy atom. The lowest BCUT2D eigenvalue weighted by atomic mass is 9.89. The summed E-state index contributed by atoms with van der Waals surface area (Å²) in [6.45, 7) is -0.894. The van der Waals surface area contributed by atoms with Crippen molar-refractivity contribution in [1.82, 2.24) is 0 Å². The molecule has 1 aliphatic rings. The van der Waals surface area contributed by atoms with Gasteiger partial charge in [-0.1, -0.05) is 0 Å². The summed E-state index contributed by atoms with van der Waals surface area (Å²) in [6.07, 6.45) is 1.36. The Bertz CT molecular complexity index is 470. The molecule has 0 amide bonds. The third kappa shape index (κ3) is 2.66. The molecule has 2 nitrogen and oxygen atoms in total. The largest absolute Gasteiger partial charge is 0.481 e. The van der Waals surface area contributed by atoms with Crippen LogP contribution in [0.4, 0.5) is 13.2 Å². The zero-order valence-corrected chi connectivity index (χ0v) is 9.63. The Morgan fingerprint density at radius 3 is 2.56 bits per heavy atom. The van der Waals surface area contributed by atoms with Crippen molar-refractivity contribution in [3.05, 3.63) is 34.9 Å². The number of benzene rings is 1. The van der Waals surface area contributed by atoms with Crippen LogP contribution in [-0.2, 0) is 11.5 Å². The van der Waals surface area contributed by atoms with Gasteiger partial charge in [-0.25, -0.2) is 13.2 Å². The minimum atomic E-state index is -1.11. The van der Waals surface area contributed by atoms with Crippen LogP contribution < -0.4 is 0 Å². The minimum absolute atomic E-state index is 0.00690. The normalized spacial score (nSPS) is 16.6. The van der Waals surface area contributed by atoms with Crippen LogP contribution in [0.2, 0.25) is 0 Å². The molecular weight excluding hydrogens is 245 g/mol. The van der Waals surface area contributed by atoms with E-state index in [0.717, 1.165) is 18.9 Å². The van der Waals surface area contributed by atoms with Crippen molar-refractivity contribution in [1.29, 1.82) is 0 Å². The van der Waals surface area contributed by atoms with E-state index >= 15 is 0 Å². The summed E-state index contributed by atoms with van der Waals surface area (Å²) in [6, 6.07) is 2.05. The van der Waals surface area contributed by atoms with Crippen molar-refractivity contribution in [3.8, 4) is 0 Å². The molecule has 0 radical (unpaired) electrons. The van der Waals surface area contributed by atoms with Crippen LogP contribution in [0.3, 0.4) is 0 Å². The Hall–Kier alpha value is -1.52. The van der Waals surface area contributed by atoms with Crippen molar-refractivity contribution in [2.75, 3.05) is 0 Å². The molecule has 1 aliphatic carbocycles. The van der Waals surface area contributed by atoms with Crippen LogP contribution in [0.25, 0.3) is 0 Å². The fourth-order valence-electron chi connectivity index (χ4n) is 2.23. The number of hydrogen-bond donors (Lipinski definition) is 1. The smallest absolute Gasteiger partial charge is 0.303 e. The lowest BCUT2D eigenvalue weighted by molar-refractivity contribution is -0.137. The molecule has 0 bridgehead atoms. The van der Waals surface area contributed by atoms with E-state index in [-0.39, 0.29) is 23.5 Å². The Labute approximate surface area is 102 Å². The zero-order chi connectivity index (χ0) is 13.3. The number of hydrogen-bond acceptors (Lipinski definition) is 1. The van der Waals surface area contributed by atoms with Crippen LogP contribution in [0.1, 0.15) is 36.3 Å². The molecule has 1 aromatic rings. The van der Waals surface area contributed by atoms with E-state index in [4.69, 9.17) is 5.11 Å². The molecule has 1 atom stereocenters. The molecule has 98 valence electrons. The molecule has 0 aliphatic heterocycles. The maximum atomic E-state index is 13.7. The number of halogens is 3. The summed E-state index contributed by atoms with van der Waals surface area (Å²) in [5.41, 5.74) is 0.0347. The zero-order valence-electron chi connectivity index (χ0n) is 9.63. The molecule has 1 aromatic carbocycles. The molecular formula is C13H13F3O2. The molecule has 1 unspecified atom stereocenters. The molecule has 2 rings (SSSR count). The predicted octanol–water partition coefficient (Wildman–Crippen LogP) is 3.40. The van der Waals surface area contributed by atoms with Crippen LogP contribution in [-0.4, -0.2) is 11.1 Å². The van der Waals surface area contributed by atoms with Crippen molar-refractivity contribution in [2.45, 2.75) is 31.9 Å². The molecule has 0 aromatic heterocycles. The maximum absolute atomic E-state index is 13.7. The lowest BCUT2D eigenvalue weighted by Gasteiger charge is -2.16. The van der Waals surface area contributed by atoms with E-state index in [9.17, 15) is 18.0 Å². The molecule has 18 heavy (non-hydrogen) atoms. The minimum Gasteiger partial charge on any atom is -0.481 e. The molecule has 1 saturated carbocycles. The van der Waals surface area contributed by atoms with Gasteiger partial charge in [0.05, 0.1) is 6.42 Å². The third-order valence-corrected chi connectivity index (χ3v) is 3.26. The second-order valence-electron chi connectivity index (χ2n) is 4.66.